The van der Waals surface area contributed by atoms with E-state index in [0.717, 1.165) is 11.1 Å². The molecule has 0 radical (unpaired) electrons. The summed E-state index contributed by atoms with van der Waals surface area (Å²) >= 11 is 0. The number of hydrogen-bond acceptors (Lipinski definition) is 4. The van der Waals surface area contributed by atoms with Crippen LogP contribution in [0.2, 0.25) is 0 Å². The van der Waals surface area contributed by atoms with Gasteiger partial charge in [0.05, 0.1) is 24.8 Å². The second-order valence-electron chi connectivity index (χ2n) is 8.28. The molecule has 6 nitrogen and oxygen atoms in total. The molecule has 196 valence electrons. The van der Waals surface area contributed by atoms with Crippen LogP contribution >= 0.6 is 0 Å². The van der Waals surface area contributed by atoms with Crippen molar-refractivity contribution in [1.29, 1.82) is 0 Å². The quantitative estimate of drug-likeness (QED) is 0.257. The number of pyridine rings is 1. The van der Waals surface area contributed by atoms with Crippen molar-refractivity contribution < 1.29 is 45.3 Å². The molecule has 1 aliphatic heterocycles. The number of halogens is 6. The van der Waals surface area contributed by atoms with Gasteiger partial charge in [-0.15, -0.1) is 4.73 Å². The van der Waals surface area contributed by atoms with Crippen LogP contribution < -0.4 is 14.2 Å². The van der Waals surface area contributed by atoms with E-state index < -0.39 is 35.9 Å². The lowest BCUT2D eigenvalue weighted by molar-refractivity contribution is -0.613. The van der Waals surface area contributed by atoms with Gasteiger partial charge in [0.15, 0.2) is 11.8 Å². The van der Waals surface area contributed by atoms with Crippen LogP contribution in [0.3, 0.4) is 0 Å². The van der Waals surface area contributed by atoms with Crippen LogP contribution in [-0.2, 0) is 18.9 Å². The first-order chi connectivity index (χ1) is 17.4. The zero-order chi connectivity index (χ0) is 27.0. The lowest BCUT2D eigenvalue weighted by Crippen LogP contribution is -2.39. The molecule has 0 spiro atoms. The van der Waals surface area contributed by atoms with E-state index in [1.54, 1.807) is 24.3 Å². The standard InChI is InChI=1S/C25H20F6N2O4/c1-36-20-6-3-2-5-18(20)19-7-9-33(35)23-21(19)22(34)32(8-4-10-37-23)14-15-11-16(24(26,27)28)13-17(12-15)25(29,30)31/h2-3,5-7,9,11-13H,4,8,10,14H2,1H3. The van der Waals surface area contributed by atoms with Gasteiger partial charge >= 0.3 is 18.2 Å². The highest BCUT2D eigenvalue weighted by molar-refractivity contribution is 6.03. The fourth-order valence-corrected chi connectivity index (χ4v) is 4.12. The first kappa shape index (κ1) is 26.1. The van der Waals surface area contributed by atoms with Gasteiger partial charge in [0.2, 0.25) is 0 Å². The number of para-hydroxylation sites is 1. The molecule has 37 heavy (non-hydrogen) atoms. The number of nitrogens with zero attached hydrogens (tertiary/aromatic N) is 2. The first-order valence-corrected chi connectivity index (χ1v) is 11.0. The van der Waals surface area contributed by atoms with Gasteiger partial charge in [0.25, 0.3) is 5.91 Å². The predicted molar refractivity (Wildman–Crippen MR) is 119 cm³/mol. The molecule has 0 aliphatic carbocycles. The third-order valence-corrected chi connectivity index (χ3v) is 5.79. The van der Waals surface area contributed by atoms with Crippen LogP contribution in [0.5, 0.6) is 11.6 Å². The number of carbonyl (C=O) groups is 1. The molecule has 0 saturated carbocycles. The van der Waals surface area contributed by atoms with Crippen LogP contribution in [0.15, 0.2) is 54.7 Å². The van der Waals surface area contributed by atoms with Crippen molar-refractivity contribution in [3.8, 4) is 22.8 Å². The number of ether oxygens (including phenoxy) is 2. The summed E-state index contributed by atoms with van der Waals surface area (Å²) in [5.74, 6) is -0.729. The minimum atomic E-state index is -5.03. The normalized spacial score (nSPS) is 14.5. The van der Waals surface area contributed by atoms with Gasteiger partial charge in [-0.2, -0.15) is 26.3 Å². The van der Waals surface area contributed by atoms with Crippen LogP contribution in [-0.4, -0.2) is 31.1 Å². The first-order valence-electron chi connectivity index (χ1n) is 11.0. The van der Waals surface area contributed by atoms with Crippen molar-refractivity contribution in [3.05, 3.63) is 82.2 Å². The minimum absolute atomic E-state index is 0.00914. The molecule has 0 N–H and O–H groups in total. The van der Waals surface area contributed by atoms with Crippen LogP contribution in [0.1, 0.15) is 33.5 Å². The molecule has 4 rings (SSSR count). The van der Waals surface area contributed by atoms with Gasteiger partial charge in [-0.05, 0) is 36.2 Å². The SMILES string of the molecule is COc1ccccc1-c1cc[n+]([O-])c2c1C(=O)N(Cc1cc(C(F)(F)F)cc(C(F)(F)F)c1)CCCO2. The van der Waals surface area contributed by atoms with Crippen molar-refractivity contribution in [2.24, 2.45) is 0 Å². The fourth-order valence-electron chi connectivity index (χ4n) is 4.12. The fraction of sp³-hybridized carbons (Fsp3) is 0.280. The highest BCUT2D eigenvalue weighted by Crippen LogP contribution is 2.38. The molecular formula is C25H20F6N2O4. The molecule has 1 aliphatic rings. The molecular weight excluding hydrogens is 506 g/mol. The van der Waals surface area contributed by atoms with Crippen LogP contribution in [0.25, 0.3) is 11.1 Å². The van der Waals surface area contributed by atoms with Crippen LogP contribution in [0, 0.1) is 5.21 Å². The Morgan fingerprint density at radius 1 is 1.00 bits per heavy atom. The minimum Gasteiger partial charge on any atom is -0.616 e. The Morgan fingerprint density at radius 3 is 2.27 bits per heavy atom. The van der Waals surface area contributed by atoms with Crippen molar-refractivity contribution in [3.63, 3.8) is 0 Å². The topological polar surface area (TPSA) is 65.7 Å². The third-order valence-electron chi connectivity index (χ3n) is 5.79. The van der Waals surface area contributed by atoms with Crippen molar-refractivity contribution >= 4 is 5.91 Å². The molecule has 2 heterocycles. The number of benzene rings is 2. The highest BCUT2D eigenvalue weighted by Gasteiger charge is 2.38. The van der Waals surface area contributed by atoms with E-state index in [4.69, 9.17) is 9.47 Å². The van der Waals surface area contributed by atoms with Gasteiger partial charge < -0.3 is 19.6 Å². The Bertz CT molecular complexity index is 1290. The number of methoxy groups -OCH3 is 1. The molecule has 0 saturated heterocycles. The third kappa shape index (κ3) is 5.42. The molecule has 1 amide bonds. The highest BCUT2D eigenvalue weighted by atomic mass is 19.4. The van der Waals surface area contributed by atoms with E-state index in [-0.39, 0.29) is 48.2 Å². The summed E-state index contributed by atoms with van der Waals surface area (Å²) in [6.07, 6.45) is -8.72. The maximum Gasteiger partial charge on any atom is 0.416 e. The van der Waals surface area contributed by atoms with Crippen molar-refractivity contribution in [1.82, 2.24) is 4.90 Å². The number of amides is 1. The number of aromatic nitrogens is 1. The molecule has 0 atom stereocenters. The number of fused-ring (bicyclic) bond motifs is 1. The molecule has 3 aromatic rings. The van der Waals surface area contributed by atoms with Gasteiger partial charge in [0.1, 0.15) is 5.75 Å². The summed E-state index contributed by atoms with van der Waals surface area (Å²) in [6, 6.07) is 9.21. The molecule has 0 bridgehead atoms. The molecule has 0 unspecified atom stereocenters. The maximum atomic E-state index is 13.7. The predicted octanol–water partition coefficient (Wildman–Crippen LogP) is 5.46. The summed E-state index contributed by atoms with van der Waals surface area (Å²) in [5, 5.41) is 12.5. The number of rotatable bonds is 4. The second kappa shape index (κ2) is 9.83. The van der Waals surface area contributed by atoms with Crippen molar-refractivity contribution in [2.45, 2.75) is 25.3 Å². The Morgan fingerprint density at radius 2 is 1.65 bits per heavy atom. The van der Waals surface area contributed by atoms with Gasteiger partial charge in [-0.25, -0.2) is 0 Å². The largest absolute Gasteiger partial charge is 0.616 e. The zero-order valence-electron chi connectivity index (χ0n) is 19.3. The lowest BCUT2D eigenvalue weighted by Gasteiger charge is -2.27. The average molecular weight is 526 g/mol. The smallest absolute Gasteiger partial charge is 0.416 e. The van der Waals surface area contributed by atoms with E-state index in [0.29, 0.717) is 28.2 Å². The lowest BCUT2D eigenvalue weighted by atomic mass is 9.98. The van der Waals surface area contributed by atoms with Gasteiger partial charge in [-0.1, -0.05) is 18.2 Å². The van der Waals surface area contributed by atoms with E-state index >= 15 is 0 Å². The van der Waals surface area contributed by atoms with Gasteiger partial charge in [-0.3, -0.25) is 4.79 Å². The zero-order valence-corrected chi connectivity index (χ0v) is 19.3. The summed E-state index contributed by atoms with van der Waals surface area (Å²) in [7, 11) is 1.41. The Labute approximate surface area is 207 Å². The van der Waals surface area contributed by atoms with E-state index in [2.05, 4.69) is 0 Å². The second-order valence-corrected chi connectivity index (χ2v) is 8.28. The van der Waals surface area contributed by atoms with Crippen LogP contribution in [0.4, 0.5) is 26.3 Å². The molecule has 0 fully saturated rings. The van der Waals surface area contributed by atoms with E-state index in [1.165, 1.54) is 13.2 Å². The van der Waals surface area contributed by atoms with E-state index in [9.17, 15) is 36.3 Å². The summed E-state index contributed by atoms with van der Waals surface area (Å²) in [6.45, 7) is -0.593. The Balaban J connectivity index is 1.82. The molecule has 2 aromatic carbocycles. The number of carbonyl (C=O) groups excluding carboxylic acids is 1. The number of alkyl halides is 6. The summed E-state index contributed by atoms with van der Waals surface area (Å²) in [5.41, 5.74) is -2.79. The Kier molecular flexibility index (Phi) is 6.94. The molecule has 12 heteroatoms. The van der Waals surface area contributed by atoms with E-state index in [1.807, 2.05) is 0 Å². The monoisotopic (exact) mass is 526 g/mol. The van der Waals surface area contributed by atoms with Crippen molar-refractivity contribution in [2.75, 3.05) is 20.3 Å². The molecule has 1 aromatic heterocycles. The summed E-state index contributed by atoms with van der Waals surface area (Å²) in [4.78, 5) is 14.8. The Hall–Kier alpha value is -3.96. The maximum absolute atomic E-state index is 13.7. The number of hydrogen-bond donors (Lipinski definition) is 0. The van der Waals surface area contributed by atoms with Gasteiger partial charge in [0, 0.05) is 30.3 Å². The average Bonchev–Trinajstić information content (AvgIpc) is 2.83. The summed E-state index contributed by atoms with van der Waals surface area (Å²) < 4.78 is 91.4.